The molecule has 17 heavy (non-hydrogen) atoms. The predicted molar refractivity (Wildman–Crippen MR) is 75.6 cm³/mol. The number of hydrogen-bond donors (Lipinski definition) is 1. The molecule has 1 heterocycles. The minimum Gasteiger partial charge on any atom is -0.319 e. The fraction of sp³-hybridized carbons (Fsp3) is 0.500. The van der Waals surface area contributed by atoms with Crippen LogP contribution in [0.15, 0.2) is 24.3 Å². The lowest BCUT2D eigenvalue weighted by Gasteiger charge is -2.26. The highest BCUT2D eigenvalue weighted by molar-refractivity contribution is 7.18. The second-order valence-electron chi connectivity index (χ2n) is 4.95. The molecule has 0 spiro atoms. The second kappa shape index (κ2) is 5.15. The van der Waals surface area contributed by atoms with Gasteiger partial charge < -0.3 is 5.32 Å². The number of nitrogens with one attached hydrogen (secondary N) is 1. The van der Waals surface area contributed by atoms with Crippen molar-refractivity contribution in [2.75, 3.05) is 13.6 Å². The summed E-state index contributed by atoms with van der Waals surface area (Å²) in [7, 11) is 2.02. The average molecular weight is 248 g/mol. The molecule has 1 atom stereocenters. The number of fused-ring (bicyclic) bond motifs is 1. The molecule has 92 valence electrons. The predicted octanol–water partition coefficient (Wildman–Crippen LogP) is 3.47. The molecular weight excluding hydrogens is 228 g/mol. The lowest BCUT2D eigenvalue weighted by molar-refractivity contribution is 0.299. The van der Waals surface area contributed by atoms with Gasteiger partial charge in [0.25, 0.3) is 0 Å². The van der Waals surface area contributed by atoms with Gasteiger partial charge in [0, 0.05) is 13.0 Å². The maximum absolute atomic E-state index is 4.72. The lowest BCUT2D eigenvalue weighted by Crippen LogP contribution is -2.31. The Hall–Kier alpha value is -0.930. The second-order valence-corrected chi connectivity index (χ2v) is 6.06. The molecule has 1 aromatic carbocycles. The minimum atomic E-state index is 0.308. The maximum atomic E-state index is 4.72. The fourth-order valence-electron chi connectivity index (χ4n) is 2.10. The van der Waals surface area contributed by atoms with Crippen LogP contribution in [-0.2, 0) is 6.42 Å². The first-order valence-electron chi connectivity index (χ1n) is 6.16. The molecule has 0 fully saturated rings. The minimum absolute atomic E-state index is 0.308. The first-order valence-corrected chi connectivity index (χ1v) is 6.97. The number of rotatable bonds is 5. The van der Waals surface area contributed by atoms with Crippen LogP contribution in [0.3, 0.4) is 0 Å². The van der Waals surface area contributed by atoms with Gasteiger partial charge in [0.2, 0.25) is 0 Å². The Balaban J connectivity index is 2.22. The first kappa shape index (κ1) is 12.5. The van der Waals surface area contributed by atoms with E-state index in [0.717, 1.165) is 18.5 Å². The average Bonchev–Trinajstić information content (AvgIpc) is 2.71. The SMILES string of the molecule is CCC(C)(CNC)Cc1nc2ccccc2s1. The van der Waals surface area contributed by atoms with E-state index >= 15 is 0 Å². The van der Waals surface area contributed by atoms with Gasteiger partial charge in [-0.1, -0.05) is 26.0 Å². The van der Waals surface area contributed by atoms with E-state index in [1.807, 2.05) is 18.4 Å². The van der Waals surface area contributed by atoms with Crippen molar-refractivity contribution in [3.8, 4) is 0 Å². The molecule has 0 aliphatic carbocycles. The molecule has 2 rings (SSSR count). The Morgan fingerprint density at radius 2 is 2.12 bits per heavy atom. The molecule has 3 heteroatoms. The molecule has 1 unspecified atom stereocenters. The van der Waals surface area contributed by atoms with Crippen LogP contribution in [0.2, 0.25) is 0 Å². The van der Waals surface area contributed by atoms with Gasteiger partial charge >= 0.3 is 0 Å². The summed E-state index contributed by atoms with van der Waals surface area (Å²) in [5, 5.41) is 4.55. The van der Waals surface area contributed by atoms with Gasteiger partial charge in [-0.05, 0) is 31.0 Å². The summed E-state index contributed by atoms with van der Waals surface area (Å²) in [4.78, 5) is 4.72. The van der Waals surface area contributed by atoms with Crippen molar-refractivity contribution in [1.82, 2.24) is 10.3 Å². The van der Waals surface area contributed by atoms with E-state index in [9.17, 15) is 0 Å². The van der Waals surface area contributed by atoms with E-state index in [4.69, 9.17) is 4.98 Å². The van der Waals surface area contributed by atoms with Gasteiger partial charge in [-0.3, -0.25) is 0 Å². The first-order chi connectivity index (χ1) is 8.17. The molecule has 2 aromatic rings. The van der Waals surface area contributed by atoms with Crippen molar-refractivity contribution < 1.29 is 0 Å². The van der Waals surface area contributed by atoms with Gasteiger partial charge in [-0.15, -0.1) is 11.3 Å². The van der Waals surface area contributed by atoms with Gasteiger partial charge in [0.15, 0.2) is 0 Å². The summed E-state index contributed by atoms with van der Waals surface area (Å²) < 4.78 is 1.30. The summed E-state index contributed by atoms with van der Waals surface area (Å²) in [6.07, 6.45) is 2.23. The van der Waals surface area contributed by atoms with Crippen molar-refractivity contribution in [3.05, 3.63) is 29.3 Å². The Kier molecular flexibility index (Phi) is 3.79. The number of para-hydroxylation sites is 1. The van der Waals surface area contributed by atoms with Crippen LogP contribution in [0.4, 0.5) is 0 Å². The normalized spacial score (nSPS) is 15.0. The molecule has 0 aliphatic rings. The largest absolute Gasteiger partial charge is 0.319 e. The van der Waals surface area contributed by atoms with Crippen LogP contribution in [0.1, 0.15) is 25.3 Å². The lowest BCUT2D eigenvalue weighted by atomic mass is 9.84. The Labute approximate surface area is 107 Å². The standard InChI is InChI=1S/C14H20N2S/c1-4-14(2,10-15-3)9-13-16-11-7-5-6-8-12(11)17-13/h5-8,15H,4,9-10H2,1-3H3. The molecule has 1 aromatic heterocycles. The van der Waals surface area contributed by atoms with Gasteiger partial charge in [-0.2, -0.15) is 0 Å². The topological polar surface area (TPSA) is 24.9 Å². The number of nitrogens with zero attached hydrogens (tertiary/aromatic N) is 1. The summed E-state index contributed by atoms with van der Waals surface area (Å²) in [5.41, 5.74) is 1.44. The molecule has 0 bridgehead atoms. The monoisotopic (exact) mass is 248 g/mol. The van der Waals surface area contributed by atoms with Crippen LogP contribution in [0.5, 0.6) is 0 Å². The van der Waals surface area contributed by atoms with E-state index < -0.39 is 0 Å². The summed E-state index contributed by atoms with van der Waals surface area (Å²) in [5.74, 6) is 0. The van der Waals surface area contributed by atoms with Crippen molar-refractivity contribution in [2.45, 2.75) is 26.7 Å². The zero-order valence-corrected chi connectivity index (χ0v) is 11.6. The van der Waals surface area contributed by atoms with Crippen LogP contribution in [0.25, 0.3) is 10.2 Å². The van der Waals surface area contributed by atoms with E-state index in [1.54, 1.807) is 0 Å². The summed E-state index contributed by atoms with van der Waals surface area (Å²) in [6, 6.07) is 8.38. The van der Waals surface area contributed by atoms with Crippen molar-refractivity contribution >= 4 is 21.6 Å². The number of aromatic nitrogens is 1. The maximum Gasteiger partial charge on any atom is 0.0944 e. The van der Waals surface area contributed by atoms with Gasteiger partial charge in [0.1, 0.15) is 0 Å². The Bertz CT molecular complexity index is 459. The molecule has 0 saturated carbocycles. The van der Waals surface area contributed by atoms with E-state index in [1.165, 1.54) is 16.1 Å². The Morgan fingerprint density at radius 3 is 2.76 bits per heavy atom. The highest BCUT2D eigenvalue weighted by Crippen LogP contribution is 2.30. The van der Waals surface area contributed by atoms with Gasteiger partial charge in [0.05, 0.1) is 15.2 Å². The number of thiazole rings is 1. The number of hydrogen-bond acceptors (Lipinski definition) is 3. The molecule has 2 nitrogen and oxygen atoms in total. The smallest absolute Gasteiger partial charge is 0.0944 e. The molecule has 0 aliphatic heterocycles. The van der Waals surface area contributed by atoms with Crippen LogP contribution < -0.4 is 5.32 Å². The zero-order valence-electron chi connectivity index (χ0n) is 10.8. The third-order valence-electron chi connectivity index (χ3n) is 3.37. The van der Waals surface area contributed by atoms with Crippen LogP contribution in [-0.4, -0.2) is 18.6 Å². The Morgan fingerprint density at radius 1 is 1.35 bits per heavy atom. The van der Waals surface area contributed by atoms with E-state index in [2.05, 4.69) is 43.4 Å². The molecule has 0 radical (unpaired) electrons. The van der Waals surface area contributed by atoms with Crippen molar-refractivity contribution in [2.24, 2.45) is 5.41 Å². The van der Waals surface area contributed by atoms with Crippen LogP contribution in [0, 0.1) is 5.41 Å². The highest BCUT2D eigenvalue weighted by Gasteiger charge is 2.23. The van der Waals surface area contributed by atoms with Crippen molar-refractivity contribution in [3.63, 3.8) is 0 Å². The fourth-order valence-corrected chi connectivity index (χ4v) is 3.28. The number of benzene rings is 1. The van der Waals surface area contributed by atoms with E-state index in [0.29, 0.717) is 5.41 Å². The zero-order chi connectivity index (χ0) is 12.3. The van der Waals surface area contributed by atoms with Crippen LogP contribution >= 0.6 is 11.3 Å². The molecule has 0 amide bonds. The molecule has 0 saturated heterocycles. The van der Waals surface area contributed by atoms with E-state index in [-0.39, 0.29) is 0 Å². The molecule has 1 N–H and O–H groups in total. The third kappa shape index (κ3) is 2.85. The third-order valence-corrected chi connectivity index (χ3v) is 4.41. The highest BCUT2D eigenvalue weighted by atomic mass is 32.1. The summed E-state index contributed by atoms with van der Waals surface area (Å²) in [6.45, 7) is 5.62. The van der Waals surface area contributed by atoms with Crippen molar-refractivity contribution in [1.29, 1.82) is 0 Å². The quantitative estimate of drug-likeness (QED) is 0.876. The molecular formula is C14H20N2S. The van der Waals surface area contributed by atoms with Gasteiger partial charge in [-0.25, -0.2) is 4.98 Å². The summed E-state index contributed by atoms with van der Waals surface area (Å²) >= 11 is 1.83.